The molecule has 0 bridgehead atoms. The van der Waals surface area contributed by atoms with Crippen LogP contribution >= 0.6 is 12.2 Å². The molecule has 2 aromatic carbocycles. The van der Waals surface area contributed by atoms with Gasteiger partial charge in [-0.3, -0.25) is 4.57 Å². The van der Waals surface area contributed by atoms with E-state index in [-0.39, 0.29) is 0 Å². The highest BCUT2D eigenvalue weighted by Crippen LogP contribution is 2.19. The number of hydrogen-bond donors (Lipinski definition) is 1. The van der Waals surface area contributed by atoms with Crippen LogP contribution in [0.5, 0.6) is 11.5 Å². The van der Waals surface area contributed by atoms with Crippen molar-refractivity contribution in [3.8, 4) is 17.2 Å². The number of morpholine rings is 1. The summed E-state index contributed by atoms with van der Waals surface area (Å²) in [5.74, 6) is 2.32. The summed E-state index contributed by atoms with van der Waals surface area (Å²) in [6.07, 6.45) is 0. The molecule has 0 aliphatic carbocycles. The summed E-state index contributed by atoms with van der Waals surface area (Å²) in [6.45, 7) is 4.49. The largest absolute Gasteiger partial charge is 0.497 e. The number of nitrogens with zero attached hydrogens (tertiary/aromatic N) is 3. The average Bonchev–Trinajstić information content (AvgIpc) is 3.09. The maximum atomic E-state index is 5.99. The summed E-state index contributed by atoms with van der Waals surface area (Å²) in [6, 6.07) is 17.6. The highest BCUT2D eigenvalue weighted by molar-refractivity contribution is 7.71. The van der Waals surface area contributed by atoms with Crippen LogP contribution in [0, 0.1) is 4.77 Å². The lowest BCUT2D eigenvalue weighted by Crippen LogP contribution is -3.13. The standard InChI is InChI=1S/C21H24N4O3S/c1-26-18-7-9-19(10-8-18)28-15-20-22-24(16-23-11-13-27-14-12-23)21(29)25(20)17-5-3-2-4-6-17/h2-10H,11-16H2,1H3/p+1. The van der Waals surface area contributed by atoms with E-state index in [1.807, 2.05) is 63.8 Å². The molecule has 1 aliphatic heterocycles. The molecule has 0 spiro atoms. The van der Waals surface area contributed by atoms with Gasteiger partial charge >= 0.3 is 0 Å². The predicted octanol–water partition coefficient (Wildman–Crippen LogP) is 1.86. The van der Waals surface area contributed by atoms with E-state index in [0.717, 1.165) is 56.0 Å². The minimum absolute atomic E-state index is 0.316. The molecule has 3 aromatic rings. The summed E-state index contributed by atoms with van der Waals surface area (Å²) >= 11 is 5.77. The number of quaternary nitrogens is 1. The van der Waals surface area contributed by atoms with Gasteiger partial charge < -0.3 is 19.1 Å². The van der Waals surface area contributed by atoms with E-state index in [4.69, 9.17) is 31.5 Å². The number of nitrogens with one attached hydrogen (secondary N) is 1. The Morgan fingerprint density at radius 3 is 2.41 bits per heavy atom. The first-order valence-electron chi connectivity index (χ1n) is 9.67. The van der Waals surface area contributed by atoms with Gasteiger partial charge in [0.05, 0.1) is 20.3 Å². The number of rotatable bonds is 7. The Bertz CT molecular complexity index is 979. The second kappa shape index (κ2) is 9.21. The SMILES string of the molecule is COc1ccc(OCc2nn(C[NH+]3CCOCC3)c(=S)n2-c2ccccc2)cc1. The molecule has 7 nitrogen and oxygen atoms in total. The van der Waals surface area contributed by atoms with E-state index in [0.29, 0.717) is 11.4 Å². The lowest BCUT2D eigenvalue weighted by Gasteiger charge is -2.23. The van der Waals surface area contributed by atoms with Gasteiger partial charge in [-0.15, -0.1) is 5.10 Å². The number of hydrogen-bond acceptors (Lipinski definition) is 5. The first kappa shape index (κ1) is 19.6. The van der Waals surface area contributed by atoms with E-state index < -0.39 is 0 Å². The molecule has 29 heavy (non-hydrogen) atoms. The van der Waals surface area contributed by atoms with Crippen LogP contribution in [0.2, 0.25) is 0 Å². The maximum absolute atomic E-state index is 5.99. The summed E-state index contributed by atoms with van der Waals surface area (Å²) in [7, 11) is 1.65. The third kappa shape index (κ3) is 4.67. The molecule has 1 N–H and O–H groups in total. The van der Waals surface area contributed by atoms with Crippen LogP contribution in [-0.4, -0.2) is 47.8 Å². The fourth-order valence-electron chi connectivity index (χ4n) is 3.34. The normalized spacial score (nSPS) is 14.7. The molecule has 1 saturated heterocycles. The molecular weight excluding hydrogens is 388 g/mol. The van der Waals surface area contributed by atoms with Crippen LogP contribution in [0.3, 0.4) is 0 Å². The van der Waals surface area contributed by atoms with Crippen molar-refractivity contribution < 1.29 is 19.1 Å². The van der Waals surface area contributed by atoms with Crippen molar-refractivity contribution in [2.45, 2.75) is 13.3 Å². The third-order valence-corrected chi connectivity index (χ3v) is 5.31. The number of para-hydroxylation sites is 1. The number of methoxy groups -OCH3 is 1. The molecule has 1 aromatic heterocycles. The van der Waals surface area contributed by atoms with E-state index >= 15 is 0 Å². The van der Waals surface area contributed by atoms with Gasteiger partial charge in [0.15, 0.2) is 12.5 Å². The molecule has 1 aliphatic rings. The lowest BCUT2D eigenvalue weighted by molar-refractivity contribution is -0.930. The van der Waals surface area contributed by atoms with E-state index in [1.54, 1.807) is 7.11 Å². The number of ether oxygens (including phenoxy) is 3. The highest BCUT2D eigenvalue weighted by Gasteiger charge is 2.19. The average molecular weight is 414 g/mol. The maximum Gasteiger partial charge on any atom is 0.207 e. The Morgan fingerprint density at radius 2 is 1.72 bits per heavy atom. The molecule has 4 rings (SSSR count). The second-order valence-electron chi connectivity index (χ2n) is 6.85. The van der Waals surface area contributed by atoms with Gasteiger partial charge in [0.25, 0.3) is 0 Å². The molecule has 152 valence electrons. The van der Waals surface area contributed by atoms with Crippen LogP contribution < -0.4 is 14.4 Å². The molecule has 0 radical (unpaired) electrons. The lowest BCUT2D eigenvalue weighted by atomic mass is 10.3. The van der Waals surface area contributed by atoms with Crippen molar-refractivity contribution in [3.05, 3.63) is 65.2 Å². The zero-order valence-corrected chi connectivity index (χ0v) is 17.2. The molecule has 0 amide bonds. The van der Waals surface area contributed by atoms with Crippen LogP contribution in [0.15, 0.2) is 54.6 Å². The zero-order valence-electron chi connectivity index (χ0n) is 16.4. The fraction of sp³-hybridized carbons (Fsp3) is 0.333. The minimum atomic E-state index is 0.316. The van der Waals surface area contributed by atoms with Crippen molar-refractivity contribution in [1.82, 2.24) is 14.3 Å². The van der Waals surface area contributed by atoms with Gasteiger partial charge in [-0.05, 0) is 48.6 Å². The monoisotopic (exact) mass is 413 g/mol. The Hall–Kier alpha value is -2.68. The zero-order chi connectivity index (χ0) is 20.1. The van der Waals surface area contributed by atoms with Gasteiger partial charge in [-0.2, -0.15) is 4.68 Å². The summed E-state index contributed by atoms with van der Waals surface area (Å²) in [4.78, 5) is 1.41. The van der Waals surface area contributed by atoms with Gasteiger partial charge in [0.2, 0.25) is 4.77 Å². The Labute approximate surface area is 175 Å². The second-order valence-corrected chi connectivity index (χ2v) is 7.22. The molecule has 2 heterocycles. The third-order valence-electron chi connectivity index (χ3n) is 4.92. The molecule has 1 fully saturated rings. The molecule has 0 unspecified atom stereocenters. The number of aromatic nitrogens is 3. The van der Waals surface area contributed by atoms with E-state index in [2.05, 4.69) is 0 Å². The van der Waals surface area contributed by atoms with Crippen molar-refractivity contribution in [3.63, 3.8) is 0 Å². The van der Waals surface area contributed by atoms with Gasteiger partial charge in [-0.1, -0.05) is 18.2 Å². The fourth-order valence-corrected chi connectivity index (χ4v) is 3.65. The molecule has 0 atom stereocenters. The quantitative estimate of drug-likeness (QED) is 0.600. The van der Waals surface area contributed by atoms with Gasteiger partial charge in [0.1, 0.15) is 31.2 Å². The van der Waals surface area contributed by atoms with Crippen LogP contribution in [0.4, 0.5) is 0 Å². The Kier molecular flexibility index (Phi) is 6.24. The summed E-state index contributed by atoms with van der Waals surface area (Å²) in [5.41, 5.74) is 0.981. The first-order chi connectivity index (χ1) is 14.2. The van der Waals surface area contributed by atoms with Crippen LogP contribution in [0.25, 0.3) is 5.69 Å². The van der Waals surface area contributed by atoms with Crippen molar-refractivity contribution in [2.24, 2.45) is 0 Å². The molecule has 0 saturated carbocycles. The molecular formula is C21H25N4O3S+. The Morgan fingerprint density at radius 1 is 1.03 bits per heavy atom. The summed E-state index contributed by atoms with van der Waals surface area (Å²) < 4.78 is 21.2. The summed E-state index contributed by atoms with van der Waals surface area (Å²) in [5, 5.41) is 4.79. The first-order valence-corrected chi connectivity index (χ1v) is 10.1. The van der Waals surface area contributed by atoms with Crippen LogP contribution in [0.1, 0.15) is 5.82 Å². The van der Waals surface area contributed by atoms with E-state index in [1.165, 1.54) is 4.90 Å². The van der Waals surface area contributed by atoms with Crippen molar-refractivity contribution in [2.75, 3.05) is 33.4 Å². The number of benzene rings is 2. The Balaban J connectivity index is 1.59. The van der Waals surface area contributed by atoms with E-state index in [9.17, 15) is 0 Å². The van der Waals surface area contributed by atoms with Crippen molar-refractivity contribution >= 4 is 12.2 Å². The van der Waals surface area contributed by atoms with Gasteiger partial charge in [0, 0.05) is 5.69 Å². The smallest absolute Gasteiger partial charge is 0.207 e. The van der Waals surface area contributed by atoms with Crippen molar-refractivity contribution in [1.29, 1.82) is 0 Å². The topological polar surface area (TPSA) is 54.9 Å². The predicted molar refractivity (Wildman–Crippen MR) is 111 cm³/mol. The minimum Gasteiger partial charge on any atom is -0.497 e. The molecule has 8 heteroatoms. The highest BCUT2D eigenvalue weighted by atomic mass is 32.1. The van der Waals surface area contributed by atoms with Crippen LogP contribution in [-0.2, 0) is 18.0 Å². The van der Waals surface area contributed by atoms with Gasteiger partial charge in [-0.25, -0.2) is 0 Å².